The summed E-state index contributed by atoms with van der Waals surface area (Å²) in [5.41, 5.74) is 10.1. The van der Waals surface area contributed by atoms with Crippen LogP contribution < -0.4 is 0 Å². The van der Waals surface area contributed by atoms with Crippen LogP contribution in [-0.4, -0.2) is 9.97 Å². The highest BCUT2D eigenvalue weighted by molar-refractivity contribution is 6.26. The molecule has 3 nitrogen and oxygen atoms in total. The Morgan fingerprint density at radius 3 is 1.67 bits per heavy atom. The molecular weight excluding hydrogens is 621 g/mol. The highest BCUT2D eigenvalue weighted by atomic mass is 16.3. The molecule has 0 aliphatic carbocycles. The van der Waals surface area contributed by atoms with Crippen molar-refractivity contribution >= 4 is 76.1 Å². The van der Waals surface area contributed by atoms with Crippen LogP contribution in [0.15, 0.2) is 174 Å². The van der Waals surface area contributed by atoms with E-state index in [9.17, 15) is 0 Å². The molecule has 0 radical (unpaired) electrons. The van der Waals surface area contributed by atoms with Crippen molar-refractivity contribution in [2.75, 3.05) is 0 Å². The Labute approximate surface area is 293 Å². The molecule has 11 aromatic rings. The summed E-state index contributed by atoms with van der Waals surface area (Å²) in [6.07, 6.45) is 0. The van der Waals surface area contributed by atoms with Gasteiger partial charge in [-0.05, 0) is 68.4 Å². The summed E-state index contributed by atoms with van der Waals surface area (Å²) in [7, 11) is 0. The first kappa shape index (κ1) is 28.0. The van der Waals surface area contributed by atoms with E-state index >= 15 is 0 Å². The fourth-order valence-corrected chi connectivity index (χ4v) is 8.04. The number of para-hydroxylation sites is 1. The van der Waals surface area contributed by atoms with Gasteiger partial charge < -0.3 is 4.42 Å². The smallest absolute Gasteiger partial charge is 0.143 e. The van der Waals surface area contributed by atoms with E-state index in [4.69, 9.17) is 14.4 Å². The van der Waals surface area contributed by atoms with E-state index in [1.54, 1.807) is 0 Å². The molecule has 0 saturated heterocycles. The number of pyridine rings is 2. The summed E-state index contributed by atoms with van der Waals surface area (Å²) < 4.78 is 6.53. The quantitative estimate of drug-likeness (QED) is 0.179. The van der Waals surface area contributed by atoms with Crippen LogP contribution in [0.1, 0.15) is 0 Å². The summed E-state index contributed by atoms with van der Waals surface area (Å²) in [5.74, 6) is 0. The predicted octanol–water partition coefficient (Wildman–Crippen LogP) is 13.1. The zero-order valence-electron chi connectivity index (χ0n) is 27.5. The predicted molar refractivity (Wildman–Crippen MR) is 213 cm³/mol. The molecule has 3 heteroatoms. The largest absolute Gasteiger partial charge is 0.455 e. The van der Waals surface area contributed by atoms with Crippen molar-refractivity contribution in [1.82, 2.24) is 9.97 Å². The molecule has 8 aromatic carbocycles. The SMILES string of the molecule is c1ccc(-c2ccc3ccc4ccc(-c5ccc(-c6cc7ccc8c9ccccc9oc8c7c7ccccc67)c6ccccc56)nc4c3n2)cc1. The molecule has 0 bridgehead atoms. The molecule has 0 amide bonds. The maximum Gasteiger partial charge on any atom is 0.143 e. The average Bonchev–Trinajstić information content (AvgIpc) is 3.59. The van der Waals surface area contributed by atoms with Crippen LogP contribution in [0.25, 0.3) is 110 Å². The molecule has 0 aliphatic rings. The van der Waals surface area contributed by atoms with Gasteiger partial charge in [-0.2, -0.15) is 0 Å². The number of fused-ring (bicyclic) bond motifs is 11. The third-order valence-corrected chi connectivity index (χ3v) is 10.4. The van der Waals surface area contributed by atoms with E-state index < -0.39 is 0 Å². The van der Waals surface area contributed by atoms with Crippen molar-refractivity contribution in [3.8, 4) is 33.6 Å². The van der Waals surface area contributed by atoms with Gasteiger partial charge in [0.2, 0.25) is 0 Å². The van der Waals surface area contributed by atoms with Crippen molar-refractivity contribution in [3.63, 3.8) is 0 Å². The first-order valence-corrected chi connectivity index (χ1v) is 17.3. The Balaban J connectivity index is 1.12. The zero-order valence-corrected chi connectivity index (χ0v) is 27.5. The molecule has 0 N–H and O–H groups in total. The van der Waals surface area contributed by atoms with Crippen LogP contribution >= 0.6 is 0 Å². The highest BCUT2D eigenvalue weighted by Crippen LogP contribution is 2.44. The van der Waals surface area contributed by atoms with E-state index in [1.807, 2.05) is 12.1 Å². The monoisotopic (exact) mass is 648 g/mol. The summed E-state index contributed by atoms with van der Waals surface area (Å²) in [4.78, 5) is 10.5. The topological polar surface area (TPSA) is 38.9 Å². The summed E-state index contributed by atoms with van der Waals surface area (Å²) >= 11 is 0. The van der Waals surface area contributed by atoms with Crippen LogP contribution in [0.4, 0.5) is 0 Å². The molecule has 0 fully saturated rings. The maximum atomic E-state index is 6.53. The van der Waals surface area contributed by atoms with Gasteiger partial charge in [0.1, 0.15) is 11.2 Å². The van der Waals surface area contributed by atoms with Crippen LogP contribution in [0, 0.1) is 0 Å². The molecule has 0 spiro atoms. The van der Waals surface area contributed by atoms with Crippen molar-refractivity contribution in [2.24, 2.45) is 0 Å². The van der Waals surface area contributed by atoms with Crippen LogP contribution in [0.2, 0.25) is 0 Å². The molecule has 3 heterocycles. The van der Waals surface area contributed by atoms with Crippen molar-refractivity contribution in [2.45, 2.75) is 0 Å². The average molecular weight is 649 g/mol. The minimum atomic E-state index is 0.911. The van der Waals surface area contributed by atoms with Gasteiger partial charge in [0.25, 0.3) is 0 Å². The minimum Gasteiger partial charge on any atom is -0.455 e. The van der Waals surface area contributed by atoms with E-state index in [0.29, 0.717) is 0 Å². The molecule has 3 aromatic heterocycles. The molecule has 0 atom stereocenters. The van der Waals surface area contributed by atoms with Gasteiger partial charge in [0.15, 0.2) is 0 Å². The lowest BCUT2D eigenvalue weighted by Crippen LogP contribution is -1.92. The second-order valence-corrected chi connectivity index (χ2v) is 13.3. The van der Waals surface area contributed by atoms with E-state index in [0.717, 1.165) is 82.4 Å². The van der Waals surface area contributed by atoms with E-state index in [-0.39, 0.29) is 0 Å². The number of aromatic nitrogens is 2. The number of benzene rings is 8. The first-order chi connectivity index (χ1) is 25.3. The molecular formula is C48H28N2O. The number of rotatable bonds is 3. The van der Waals surface area contributed by atoms with Crippen LogP contribution in [0.3, 0.4) is 0 Å². The first-order valence-electron chi connectivity index (χ1n) is 17.3. The number of furan rings is 1. The Bertz CT molecular complexity index is 3190. The second kappa shape index (κ2) is 10.8. The maximum absolute atomic E-state index is 6.53. The Hall–Kier alpha value is -6.84. The van der Waals surface area contributed by atoms with Crippen molar-refractivity contribution < 1.29 is 4.42 Å². The Kier molecular flexibility index (Phi) is 5.96. The Morgan fingerprint density at radius 1 is 0.353 bits per heavy atom. The van der Waals surface area contributed by atoms with Crippen LogP contribution in [-0.2, 0) is 0 Å². The molecule has 11 rings (SSSR count). The zero-order chi connectivity index (χ0) is 33.5. The number of hydrogen-bond acceptors (Lipinski definition) is 3. The number of nitrogens with zero attached hydrogens (tertiary/aromatic N) is 2. The van der Waals surface area contributed by atoms with Gasteiger partial charge in [0, 0.05) is 38.1 Å². The van der Waals surface area contributed by atoms with Gasteiger partial charge in [-0.1, -0.05) is 140 Å². The molecule has 236 valence electrons. The number of hydrogen-bond donors (Lipinski definition) is 0. The fraction of sp³-hybridized carbons (Fsp3) is 0. The summed E-state index contributed by atoms with van der Waals surface area (Å²) in [5, 5.41) is 11.5. The summed E-state index contributed by atoms with van der Waals surface area (Å²) in [6, 6.07) is 60.2. The van der Waals surface area contributed by atoms with Crippen molar-refractivity contribution in [3.05, 3.63) is 170 Å². The van der Waals surface area contributed by atoms with Gasteiger partial charge in [-0.25, -0.2) is 9.97 Å². The third-order valence-electron chi connectivity index (χ3n) is 10.4. The fourth-order valence-electron chi connectivity index (χ4n) is 8.04. The molecule has 0 unspecified atom stereocenters. The van der Waals surface area contributed by atoms with Gasteiger partial charge in [-0.15, -0.1) is 0 Å². The van der Waals surface area contributed by atoms with Gasteiger partial charge >= 0.3 is 0 Å². The third kappa shape index (κ3) is 4.25. The molecule has 0 saturated carbocycles. The lowest BCUT2D eigenvalue weighted by molar-refractivity contribution is 0.673. The minimum absolute atomic E-state index is 0.911. The molecule has 0 aliphatic heterocycles. The standard InChI is InChI=1S/C48H28N2O/c1-2-10-29(11-3-1)42-26-21-30-18-19-31-22-27-43(50-47(31)46(30)49-42)37-25-24-36(33-12-4-5-13-34(33)37)41-28-32-20-23-40-38-15-8-9-17-44(38)51-48(40)45(32)39-16-7-6-14-35(39)41/h1-28H. The van der Waals surface area contributed by atoms with Crippen molar-refractivity contribution in [1.29, 1.82) is 0 Å². The second-order valence-electron chi connectivity index (χ2n) is 13.3. The highest BCUT2D eigenvalue weighted by Gasteiger charge is 2.18. The van der Waals surface area contributed by atoms with Gasteiger partial charge in [-0.3, -0.25) is 0 Å². The van der Waals surface area contributed by atoms with E-state index in [1.165, 1.54) is 27.3 Å². The summed E-state index contributed by atoms with van der Waals surface area (Å²) in [6.45, 7) is 0. The normalized spacial score (nSPS) is 11.9. The Morgan fingerprint density at radius 2 is 0.902 bits per heavy atom. The molecule has 51 heavy (non-hydrogen) atoms. The van der Waals surface area contributed by atoms with E-state index in [2.05, 4.69) is 158 Å². The lowest BCUT2D eigenvalue weighted by Gasteiger charge is -2.16. The van der Waals surface area contributed by atoms with Crippen LogP contribution in [0.5, 0.6) is 0 Å². The van der Waals surface area contributed by atoms with Gasteiger partial charge in [0.05, 0.1) is 22.4 Å². The lowest BCUT2D eigenvalue weighted by atomic mass is 9.88.